The number of hydrogen-bond donors (Lipinski definition) is 1. The van der Waals surface area contributed by atoms with Crippen LogP contribution in [-0.4, -0.2) is 23.2 Å². The molecular weight excluding hydrogens is 317 g/mol. The Morgan fingerprint density at radius 3 is 2.38 bits per heavy atom. The van der Waals surface area contributed by atoms with Gasteiger partial charge in [-0.25, -0.2) is 0 Å². The molecule has 0 aliphatic heterocycles. The van der Waals surface area contributed by atoms with Gasteiger partial charge in [-0.1, -0.05) is 48.5 Å². The van der Waals surface area contributed by atoms with Crippen LogP contribution in [0.5, 0.6) is 0 Å². The number of carbonyl (C=O) groups is 1. The highest BCUT2D eigenvalue weighted by Crippen LogP contribution is 2.28. The van der Waals surface area contributed by atoms with Crippen LogP contribution in [0.15, 0.2) is 60.7 Å². The Morgan fingerprint density at radius 2 is 1.67 bits per heavy atom. The smallest absolute Gasteiger partial charge is 0.345 e. The topological polar surface area (TPSA) is 34.0 Å². The Hall–Kier alpha value is -2.76. The lowest BCUT2D eigenvalue weighted by molar-refractivity contribution is -0.138. The molecule has 1 N–H and O–H groups in total. The van der Waals surface area contributed by atoms with E-state index in [1.807, 2.05) is 66.0 Å². The van der Waals surface area contributed by atoms with Crippen molar-refractivity contribution in [2.24, 2.45) is 0 Å². The summed E-state index contributed by atoms with van der Waals surface area (Å²) >= 11 is 0. The number of halogens is 3. The molecule has 3 nitrogen and oxygen atoms in total. The van der Waals surface area contributed by atoms with Crippen LogP contribution in [0.25, 0.3) is 22.2 Å². The van der Waals surface area contributed by atoms with Crippen LogP contribution in [0.4, 0.5) is 13.2 Å². The number of amides is 1. The lowest BCUT2D eigenvalue weighted by Crippen LogP contribution is -2.35. The number of aromatic nitrogens is 1. The fourth-order valence-electron chi connectivity index (χ4n) is 2.63. The van der Waals surface area contributed by atoms with Gasteiger partial charge in [-0.2, -0.15) is 13.2 Å². The second-order valence-corrected chi connectivity index (χ2v) is 5.43. The van der Waals surface area contributed by atoms with Gasteiger partial charge in [0.15, 0.2) is 0 Å². The molecule has 1 amide bonds. The van der Waals surface area contributed by atoms with E-state index in [0.717, 1.165) is 22.2 Å². The Morgan fingerprint density at radius 1 is 1.00 bits per heavy atom. The third kappa shape index (κ3) is 3.59. The largest absolute Gasteiger partial charge is 0.405 e. The minimum atomic E-state index is -4.42. The second-order valence-electron chi connectivity index (χ2n) is 5.43. The predicted octanol–water partition coefficient (Wildman–Crippen LogP) is 3.99. The van der Waals surface area contributed by atoms with Crippen molar-refractivity contribution in [2.45, 2.75) is 12.7 Å². The first-order valence-electron chi connectivity index (χ1n) is 7.41. The molecule has 1 aromatic heterocycles. The van der Waals surface area contributed by atoms with Gasteiger partial charge in [0, 0.05) is 16.6 Å². The van der Waals surface area contributed by atoms with E-state index < -0.39 is 18.6 Å². The van der Waals surface area contributed by atoms with Crippen LogP contribution in [0.3, 0.4) is 0 Å². The van der Waals surface area contributed by atoms with Gasteiger partial charge in [0.25, 0.3) is 0 Å². The van der Waals surface area contributed by atoms with Gasteiger partial charge in [-0.3, -0.25) is 4.79 Å². The van der Waals surface area contributed by atoms with Gasteiger partial charge in [0.1, 0.15) is 13.1 Å². The summed E-state index contributed by atoms with van der Waals surface area (Å²) in [5, 5.41) is 2.85. The van der Waals surface area contributed by atoms with Crippen molar-refractivity contribution in [1.82, 2.24) is 9.88 Å². The van der Waals surface area contributed by atoms with Crippen molar-refractivity contribution in [2.75, 3.05) is 6.54 Å². The number of alkyl halides is 3. The third-order valence-corrected chi connectivity index (χ3v) is 3.67. The first-order valence-corrected chi connectivity index (χ1v) is 7.41. The number of nitrogens with zero attached hydrogens (tertiary/aromatic N) is 1. The number of nitrogens with one attached hydrogen (secondary N) is 1. The van der Waals surface area contributed by atoms with Crippen LogP contribution in [-0.2, 0) is 11.3 Å². The highest BCUT2D eigenvalue weighted by atomic mass is 19.4. The summed E-state index contributed by atoms with van der Waals surface area (Å²) in [5.74, 6) is -0.675. The molecule has 0 aliphatic carbocycles. The number of fused-ring (bicyclic) bond motifs is 1. The number of carbonyl (C=O) groups excluding carboxylic acids is 1. The molecule has 24 heavy (non-hydrogen) atoms. The van der Waals surface area contributed by atoms with Crippen LogP contribution < -0.4 is 5.32 Å². The number of para-hydroxylation sites is 1. The fraction of sp³-hybridized carbons (Fsp3) is 0.167. The highest BCUT2D eigenvalue weighted by molar-refractivity contribution is 5.89. The Balaban J connectivity index is 1.95. The number of hydrogen-bond acceptors (Lipinski definition) is 1. The van der Waals surface area contributed by atoms with E-state index >= 15 is 0 Å². The number of benzene rings is 2. The van der Waals surface area contributed by atoms with E-state index in [-0.39, 0.29) is 6.54 Å². The van der Waals surface area contributed by atoms with Crippen LogP contribution >= 0.6 is 0 Å². The third-order valence-electron chi connectivity index (χ3n) is 3.67. The quantitative estimate of drug-likeness (QED) is 0.770. The lowest BCUT2D eigenvalue weighted by atomic mass is 10.1. The molecule has 0 radical (unpaired) electrons. The highest BCUT2D eigenvalue weighted by Gasteiger charge is 2.27. The van der Waals surface area contributed by atoms with Crippen LogP contribution in [0, 0.1) is 0 Å². The van der Waals surface area contributed by atoms with E-state index in [1.165, 1.54) is 0 Å². The minimum absolute atomic E-state index is 0.173. The van der Waals surface area contributed by atoms with Crippen molar-refractivity contribution in [1.29, 1.82) is 0 Å². The molecule has 3 aromatic rings. The van der Waals surface area contributed by atoms with Gasteiger partial charge in [-0.15, -0.1) is 0 Å². The van der Waals surface area contributed by atoms with Gasteiger partial charge in [0.2, 0.25) is 5.91 Å². The summed E-state index contributed by atoms with van der Waals surface area (Å²) in [6.45, 7) is -1.50. The monoisotopic (exact) mass is 332 g/mol. The fourth-order valence-corrected chi connectivity index (χ4v) is 2.63. The molecule has 0 fully saturated rings. The summed E-state index contributed by atoms with van der Waals surface area (Å²) in [4.78, 5) is 12.0. The van der Waals surface area contributed by atoms with Crippen molar-refractivity contribution in [3.05, 3.63) is 60.7 Å². The summed E-state index contributed by atoms with van der Waals surface area (Å²) in [5.41, 5.74) is 2.50. The lowest BCUT2D eigenvalue weighted by Gasteiger charge is -2.12. The average Bonchev–Trinajstić information content (AvgIpc) is 2.92. The average molecular weight is 332 g/mol. The molecule has 124 valence electrons. The first-order chi connectivity index (χ1) is 11.4. The predicted molar refractivity (Wildman–Crippen MR) is 86.4 cm³/mol. The van der Waals surface area contributed by atoms with E-state index in [0.29, 0.717) is 0 Å². The number of rotatable bonds is 4. The molecule has 0 saturated carbocycles. The molecule has 6 heteroatoms. The minimum Gasteiger partial charge on any atom is -0.345 e. The zero-order valence-corrected chi connectivity index (χ0v) is 12.7. The van der Waals surface area contributed by atoms with Gasteiger partial charge < -0.3 is 9.88 Å². The Kier molecular flexibility index (Phi) is 4.29. The standard InChI is InChI=1S/C18H15F3N2O/c19-18(20,21)12-22-17(24)11-23-15-9-5-4-8-14(15)10-16(23)13-6-2-1-3-7-13/h1-10H,11-12H2,(H,22,24). The summed E-state index contributed by atoms with van der Waals surface area (Å²) in [7, 11) is 0. The molecule has 0 spiro atoms. The van der Waals surface area contributed by atoms with Crippen molar-refractivity contribution >= 4 is 16.8 Å². The Bertz CT molecular complexity index is 854. The van der Waals surface area contributed by atoms with Crippen LogP contribution in [0.1, 0.15) is 0 Å². The maximum atomic E-state index is 12.3. The molecule has 0 atom stereocenters. The normalized spacial score (nSPS) is 11.6. The van der Waals surface area contributed by atoms with Gasteiger partial charge in [-0.05, 0) is 17.7 Å². The van der Waals surface area contributed by atoms with Crippen molar-refractivity contribution in [3.63, 3.8) is 0 Å². The molecule has 3 rings (SSSR count). The first kappa shape index (κ1) is 16.1. The zero-order chi connectivity index (χ0) is 17.2. The van der Waals surface area contributed by atoms with Crippen molar-refractivity contribution in [3.8, 4) is 11.3 Å². The summed E-state index contributed by atoms with van der Waals surface area (Å²) in [6, 6.07) is 18.8. The van der Waals surface area contributed by atoms with Gasteiger partial charge >= 0.3 is 6.18 Å². The van der Waals surface area contributed by atoms with E-state index in [4.69, 9.17) is 0 Å². The summed E-state index contributed by atoms with van der Waals surface area (Å²) < 4.78 is 38.5. The van der Waals surface area contributed by atoms with E-state index in [9.17, 15) is 18.0 Å². The summed E-state index contributed by atoms with van der Waals surface area (Å²) in [6.07, 6.45) is -4.42. The van der Waals surface area contributed by atoms with Crippen molar-refractivity contribution < 1.29 is 18.0 Å². The molecule has 0 bridgehead atoms. The molecule has 2 aromatic carbocycles. The molecule has 0 aliphatic rings. The second kappa shape index (κ2) is 6.39. The van der Waals surface area contributed by atoms with E-state index in [1.54, 1.807) is 4.57 Å². The molecule has 0 unspecified atom stereocenters. The SMILES string of the molecule is O=C(Cn1c(-c2ccccc2)cc2ccccc21)NCC(F)(F)F. The zero-order valence-electron chi connectivity index (χ0n) is 12.7. The van der Waals surface area contributed by atoms with E-state index in [2.05, 4.69) is 0 Å². The Labute approximate surface area is 136 Å². The maximum Gasteiger partial charge on any atom is 0.405 e. The molecular formula is C18H15F3N2O. The van der Waals surface area contributed by atoms with Crippen LogP contribution in [0.2, 0.25) is 0 Å². The van der Waals surface area contributed by atoms with Gasteiger partial charge in [0.05, 0.1) is 0 Å². The molecule has 0 saturated heterocycles. The molecule has 1 heterocycles. The maximum absolute atomic E-state index is 12.3.